The summed E-state index contributed by atoms with van der Waals surface area (Å²) in [6.45, 7) is -0.0777. The van der Waals surface area contributed by atoms with Gasteiger partial charge in [0.05, 0.1) is 20.3 Å². The van der Waals surface area contributed by atoms with Crippen molar-refractivity contribution in [1.29, 1.82) is 0 Å². The van der Waals surface area contributed by atoms with Crippen LogP contribution in [0.15, 0.2) is 24.3 Å². The lowest BCUT2D eigenvalue weighted by atomic mass is 10.0. The average molecular weight is 182 g/mol. The fourth-order valence-electron chi connectivity index (χ4n) is 1.14. The van der Waals surface area contributed by atoms with Crippen LogP contribution in [0.1, 0.15) is 11.5 Å². The second-order valence-corrected chi connectivity index (χ2v) is 2.84. The van der Waals surface area contributed by atoms with E-state index in [0.717, 1.165) is 11.3 Å². The number of rotatable bonds is 4. The summed E-state index contributed by atoms with van der Waals surface area (Å²) in [5, 5.41) is 17.8. The topological polar surface area (TPSA) is 49.7 Å². The molecule has 0 aliphatic carbocycles. The highest BCUT2D eigenvalue weighted by atomic mass is 16.5. The molecule has 0 unspecified atom stereocenters. The Morgan fingerprint density at radius 1 is 1.15 bits per heavy atom. The molecule has 0 fully saturated rings. The monoisotopic (exact) mass is 182 g/mol. The van der Waals surface area contributed by atoms with Crippen LogP contribution in [0.2, 0.25) is 0 Å². The van der Waals surface area contributed by atoms with Crippen molar-refractivity contribution in [3.05, 3.63) is 29.8 Å². The van der Waals surface area contributed by atoms with E-state index in [1.165, 1.54) is 0 Å². The Hall–Kier alpha value is -1.06. The van der Waals surface area contributed by atoms with Gasteiger partial charge in [0, 0.05) is 5.92 Å². The van der Waals surface area contributed by atoms with Crippen LogP contribution in [0.4, 0.5) is 0 Å². The Balaban J connectivity index is 2.78. The molecule has 3 nitrogen and oxygen atoms in total. The van der Waals surface area contributed by atoms with Gasteiger partial charge in [-0.05, 0) is 17.7 Å². The van der Waals surface area contributed by atoms with Crippen molar-refractivity contribution in [3.63, 3.8) is 0 Å². The number of hydrogen-bond donors (Lipinski definition) is 2. The first-order valence-electron chi connectivity index (χ1n) is 4.17. The molecule has 1 aromatic rings. The molecule has 0 aliphatic rings. The third-order valence-electron chi connectivity index (χ3n) is 2.03. The Bertz CT molecular complexity index is 239. The first kappa shape index (κ1) is 10.0. The zero-order chi connectivity index (χ0) is 9.68. The van der Waals surface area contributed by atoms with Crippen molar-refractivity contribution in [3.8, 4) is 5.75 Å². The van der Waals surface area contributed by atoms with Gasteiger partial charge in [-0.2, -0.15) is 0 Å². The highest BCUT2D eigenvalue weighted by molar-refractivity contribution is 5.29. The van der Waals surface area contributed by atoms with Crippen molar-refractivity contribution in [2.45, 2.75) is 5.92 Å². The van der Waals surface area contributed by atoms with Gasteiger partial charge in [-0.25, -0.2) is 0 Å². The smallest absolute Gasteiger partial charge is 0.118 e. The minimum atomic E-state index is -0.189. The second kappa shape index (κ2) is 4.84. The fourth-order valence-corrected chi connectivity index (χ4v) is 1.14. The van der Waals surface area contributed by atoms with E-state index in [4.69, 9.17) is 14.9 Å². The van der Waals surface area contributed by atoms with Gasteiger partial charge < -0.3 is 14.9 Å². The average Bonchev–Trinajstić information content (AvgIpc) is 2.21. The van der Waals surface area contributed by atoms with Crippen molar-refractivity contribution in [2.24, 2.45) is 0 Å². The number of ether oxygens (including phenoxy) is 1. The van der Waals surface area contributed by atoms with Crippen molar-refractivity contribution in [1.82, 2.24) is 0 Å². The van der Waals surface area contributed by atoms with Crippen molar-refractivity contribution < 1.29 is 14.9 Å². The second-order valence-electron chi connectivity index (χ2n) is 2.84. The predicted octanol–water partition coefficient (Wildman–Crippen LogP) is 0.763. The SMILES string of the molecule is COc1ccc(C(CO)CO)cc1. The third-order valence-corrected chi connectivity index (χ3v) is 2.03. The molecule has 0 heterocycles. The van der Waals surface area contributed by atoms with Crippen LogP contribution >= 0.6 is 0 Å². The van der Waals surface area contributed by atoms with E-state index in [2.05, 4.69) is 0 Å². The lowest BCUT2D eigenvalue weighted by Gasteiger charge is -2.11. The van der Waals surface area contributed by atoms with Gasteiger partial charge in [-0.3, -0.25) is 0 Å². The number of methoxy groups -OCH3 is 1. The van der Waals surface area contributed by atoms with Gasteiger partial charge in [-0.1, -0.05) is 12.1 Å². The van der Waals surface area contributed by atoms with E-state index < -0.39 is 0 Å². The maximum absolute atomic E-state index is 8.91. The van der Waals surface area contributed by atoms with Crippen molar-refractivity contribution >= 4 is 0 Å². The van der Waals surface area contributed by atoms with Crippen LogP contribution in [0.25, 0.3) is 0 Å². The lowest BCUT2D eigenvalue weighted by molar-refractivity contribution is 0.192. The molecule has 0 aliphatic heterocycles. The molecule has 0 saturated carbocycles. The first-order valence-corrected chi connectivity index (χ1v) is 4.17. The fraction of sp³-hybridized carbons (Fsp3) is 0.400. The van der Waals surface area contributed by atoms with Crippen LogP contribution in [-0.4, -0.2) is 30.5 Å². The molecule has 0 aromatic heterocycles. The molecule has 1 aromatic carbocycles. The Morgan fingerprint density at radius 3 is 2.08 bits per heavy atom. The maximum atomic E-state index is 8.91. The summed E-state index contributed by atoms with van der Waals surface area (Å²) in [7, 11) is 1.60. The van der Waals surface area contributed by atoms with E-state index in [0.29, 0.717) is 0 Å². The minimum absolute atomic E-state index is 0.0389. The van der Waals surface area contributed by atoms with E-state index in [-0.39, 0.29) is 19.1 Å². The zero-order valence-electron chi connectivity index (χ0n) is 7.60. The molecule has 0 atom stereocenters. The zero-order valence-corrected chi connectivity index (χ0v) is 7.60. The molecule has 0 saturated heterocycles. The van der Waals surface area contributed by atoms with Crippen LogP contribution < -0.4 is 4.74 Å². The normalized spacial score (nSPS) is 10.5. The number of aliphatic hydroxyl groups is 2. The summed E-state index contributed by atoms with van der Waals surface area (Å²) in [4.78, 5) is 0. The molecular formula is C10H14O3. The van der Waals surface area contributed by atoms with Gasteiger partial charge in [-0.15, -0.1) is 0 Å². The van der Waals surface area contributed by atoms with Crippen LogP contribution in [0, 0.1) is 0 Å². The summed E-state index contributed by atoms with van der Waals surface area (Å²) < 4.78 is 4.99. The van der Waals surface area contributed by atoms with Gasteiger partial charge in [0.15, 0.2) is 0 Å². The summed E-state index contributed by atoms with van der Waals surface area (Å²) in [5.74, 6) is 0.587. The van der Waals surface area contributed by atoms with Gasteiger partial charge >= 0.3 is 0 Å². The van der Waals surface area contributed by atoms with Crippen LogP contribution in [0.3, 0.4) is 0 Å². The quantitative estimate of drug-likeness (QED) is 0.723. The molecule has 0 bridgehead atoms. The Labute approximate surface area is 77.6 Å². The number of hydrogen-bond acceptors (Lipinski definition) is 3. The molecule has 0 amide bonds. The molecule has 3 heteroatoms. The standard InChI is InChI=1S/C10H14O3/c1-13-10-4-2-8(3-5-10)9(6-11)7-12/h2-5,9,11-12H,6-7H2,1H3. The Kier molecular flexibility index (Phi) is 3.73. The predicted molar refractivity (Wildman–Crippen MR) is 49.9 cm³/mol. The summed E-state index contributed by atoms with van der Waals surface area (Å²) >= 11 is 0. The summed E-state index contributed by atoms with van der Waals surface area (Å²) in [6.07, 6.45) is 0. The molecule has 0 radical (unpaired) electrons. The largest absolute Gasteiger partial charge is 0.497 e. The highest BCUT2D eigenvalue weighted by Gasteiger charge is 2.08. The first-order chi connectivity index (χ1) is 6.31. The molecule has 1 rings (SSSR count). The Morgan fingerprint density at radius 2 is 1.69 bits per heavy atom. The number of benzene rings is 1. The summed E-state index contributed by atoms with van der Waals surface area (Å²) in [6, 6.07) is 7.31. The molecule has 72 valence electrons. The van der Waals surface area contributed by atoms with E-state index in [9.17, 15) is 0 Å². The minimum Gasteiger partial charge on any atom is -0.497 e. The lowest BCUT2D eigenvalue weighted by Crippen LogP contribution is -2.08. The molecular weight excluding hydrogens is 168 g/mol. The van der Waals surface area contributed by atoms with Gasteiger partial charge in [0.1, 0.15) is 5.75 Å². The molecule has 2 N–H and O–H groups in total. The molecule has 13 heavy (non-hydrogen) atoms. The van der Waals surface area contributed by atoms with Gasteiger partial charge in [0.2, 0.25) is 0 Å². The van der Waals surface area contributed by atoms with Gasteiger partial charge in [0.25, 0.3) is 0 Å². The van der Waals surface area contributed by atoms with Crippen molar-refractivity contribution in [2.75, 3.05) is 20.3 Å². The summed E-state index contributed by atoms with van der Waals surface area (Å²) in [5.41, 5.74) is 0.922. The number of aliphatic hydroxyl groups excluding tert-OH is 2. The van der Waals surface area contributed by atoms with E-state index in [1.807, 2.05) is 24.3 Å². The van der Waals surface area contributed by atoms with E-state index >= 15 is 0 Å². The van der Waals surface area contributed by atoms with Crippen LogP contribution in [-0.2, 0) is 0 Å². The highest BCUT2D eigenvalue weighted by Crippen LogP contribution is 2.18. The van der Waals surface area contributed by atoms with Crippen LogP contribution in [0.5, 0.6) is 5.75 Å². The van der Waals surface area contributed by atoms with E-state index in [1.54, 1.807) is 7.11 Å². The molecule has 0 spiro atoms. The third kappa shape index (κ3) is 2.44. The maximum Gasteiger partial charge on any atom is 0.118 e.